The molecule has 19 heavy (non-hydrogen) atoms. The van der Waals surface area contributed by atoms with Crippen molar-refractivity contribution in [2.45, 2.75) is 37.8 Å². The molecular formula is C14H16ClN3O. The van der Waals surface area contributed by atoms with Crippen LogP contribution in [0.1, 0.15) is 31.7 Å². The first-order chi connectivity index (χ1) is 9.24. The van der Waals surface area contributed by atoms with Gasteiger partial charge in [-0.1, -0.05) is 41.8 Å². The predicted octanol–water partition coefficient (Wildman–Crippen LogP) is 3.07. The summed E-state index contributed by atoms with van der Waals surface area (Å²) in [5.74, 6) is 0. The number of benzene rings is 1. The van der Waals surface area contributed by atoms with E-state index in [4.69, 9.17) is 11.6 Å². The van der Waals surface area contributed by atoms with E-state index in [2.05, 4.69) is 10.3 Å². The summed E-state index contributed by atoms with van der Waals surface area (Å²) < 4.78 is 1.80. The molecule has 0 amide bonds. The second-order valence-electron chi connectivity index (χ2n) is 5.01. The fraction of sp³-hybridized carbons (Fsp3) is 0.429. The monoisotopic (exact) mass is 277 g/mol. The minimum absolute atomic E-state index is 0.0577. The summed E-state index contributed by atoms with van der Waals surface area (Å²) in [5, 5.41) is 19.1. The zero-order valence-electron chi connectivity index (χ0n) is 10.5. The summed E-state index contributed by atoms with van der Waals surface area (Å²) in [5.41, 5.74) is 1.80. The molecule has 5 heteroatoms. The second kappa shape index (κ2) is 5.31. The largest absolute Gasteiger partial charge is 0.391 e. The highest BCUT2D eigenvalue weighted by Gasteiger charge is 2.25. The lowest BCUT2D eigenvalue weighted by molar-refractivity contribution is 0.0685. The molecule has 1 N–H and O–H groups in total. The second-order valence-corrected chi connectivity index (χ2v) is 5.45. The molecule has 2 atom stereocenters. The third-order valence-electron chi connectivity index (χ3n) is 3.68. The van der Waals surface area contributed by atoms with E-state index in [1.54, 1.807) is 4.68 Å². The molecule has 1 aliphatic carbocycles. The van der Waals surface area contributed by atoms with Crippen LogP contribution in [0.3, 0.4) is 0 Å². The van der Waals surface area contributed by atoms with Crippen molar-refractivity contribution < 1.29 is 5.11 Å². The Hall–Kier alpha value is -1.39. The van der Waals surface area contributed by atoms with Crippen LogP contribution in [0, 0.1) is 0 Å². The molecule has 1 saturated carbocycles. The number of rotatable bonds is 2. The van der Waals surface area contributed by atoms with E-state index in [9.17, 15) is 5.11 Å². The Morgan fingerprint density at radius 2 is 1.89 bits per heavy atom. The molecule has 1 aromatic carbocycles. The van der Waals surface area contributed by atoms with Gasteiger partial charge in [0, 0.05) is 10.6 Å². The Kier molecular flexibility index (Phi) is 3.53. The van der Waals surface area contributed by atoms with Gasteiger partial charge in [-0.25, -0.2) is 4.68 Å². The maximum absolute atomic E-state index is 10.0. The molecule has 2 aromatic rings. The van der Waals surface area contributed by atoms with Crippen molar-refractivity contribution in [2.75, 3.05) is 0 Å². The van der Waals surface area contributed by atoms with E-state index in [1.807, 2.05) is 30.5 Å². The molecule has 3 rings (SSSR count). The highest BCUT2D eigenvalue weighted by molar-refractivity contribution is 6.30. The number of hydrogen-bond acceptors (Lipinski definition) is 3. The fourth-order valence-electron chi connectivity index (χ4n) is 2.59. The van der Waals surface area contributed by atoms with Crippen LogP contribution < -0.4 is 0 Å². The van der Waals surface area contributed by atoms with Crippen molar-refractivity contribution in [1.29, 1.82) is 0 Å². The minimum atomic E-state index is -0.312. The molecule has 1 fully saturated rings. The van der Waals surface area contributed by atoms with Crippen molar-refractivity contribution in [3.8, 4) is 11.3 Å². The summed E-state index contributed by atoms with van der Waals surface area (Å²) >= 11 is 5.87. The van der Waals surface area contributed by atoms with E-state index in [0.29, 0.717) is 5.02 Å². The van der Waals surface area contributed by atoms with Gasteiger partial charge >= 0.3 is 0 Å². The molecule has 0 bridgehead atoms. The number of aromatic nitrogens is 3. The van der Waals surface area contributed by atoms with Gasteiger partial charge in [0.1, 0.15) is 5.69 Å². The van der Waals surface area contributed by atoms with Crippen molar-refractivity contribution in [2.24, 2.45) is 0 Å². The van der Waals surface area contributed by atoms with Gasteiger partial charge in [0.15, 0.2) is 0 Å². The Balaban J connectivity index is 1.84. The summed E-state index contributed by atoms with van der Waals surface area (Å²) in [4.78, 5) is 0. The summed E-state index contributed by atoms with van der Waals surface area (Å²) in [7, 11) is 0. The average molecular weight is 278 g/mol. The van der Waals surface area contributed by atoms with E-state index >= 15 is 0 Å². The van der Waals surface area contributed by atoms with Gasteiger partial charge in [-0.15, -0.1) is 5.10 Å². The molecule has 0 saturated heterocycles. The summed E-state index contributed by atoms with van der Waals surface area (Å²) in [6, 6.07) is 7.58. The molecule has 1 aromatic heterocycles. The van der Waals surface area contributed by atoms with Crippen LogP contribution in [0.25, 0.3) is 11.3 Å². The van der Waals surface area contributed by atoms with Gasteiger partial charge in [-0.05, 0) is 25.0 Å². The number of aliphatic hydroxyl groups excluding tert-OH is 1. The topological polar surface area (TPSA) is 50.9 Å². The first-order valence-corrected chi connectivity index (χ1v) is 6.98. The van der Waals surface area contributed by atoms with Crippen molar-refractivity contribution in [3.63, 3.8) is 0 Å². The molecular weight excluding hydrogens is 262 g/mol. The number of nitrogens with zero attached hydrogens (tertiary/aromatic N) is 3. The predicted molar refractivity (Wildman–Crippen MR) is 74.0 cm³/mol. The zero-order chi connectivity index (χ0) is 13.2. The lowest BCUT2D eigenvalue weighted by Gasteiger charge is -2.27. The van der Waals surface area contributed by atoms with Crippen molar-refractivity contribution in [1.82, 2.24) is 15.0 Å². The van der Waals surface area contributed by atoms with Crippen LogP contribution in [-0.4, -0.2) is 26.2 Å². The average Bonchev–Trinajstić information content (AvgIpc) is 2.89. The van der Waals surface area contributed by atoms with Crippen LogP contribution in [0.4, 0.5) is 0 Å². The molecule has 0 aliphatic heterocycles. The number of hydrogen-bond donors (Lipinski definition) is 1. The minimum Gasteiger partial charge on any atom is -0.391 e. The standard InChI is InChI=1S/C14H16ClN3O/c15-11-7-5-10(6-8-11)12-9-18(17-16-12)13-3-1-2-4-14(13)19/h5-9,13-14,19H,1-4H2/t13-,14-/m0/s1. The van der Waals surface area contributed by atoms with Gasteiger partial charge < -0.3 is 5.11 Å². The maximum atomic E-state index is 10.0. The first-order valence-electron chi connectivity index (χ1n) is 6.60. The Morgan fingerprint density at radius 3 is 2.63 bits per heavy atom. The molecule has 0 spiro atoms. The van der Waals surface area contributed by atoms with E-state index in [1.165, 1.54) is 0 Å². The van der Waals surface area contributed by atoms with E-state index < -0.39 is 0 Å². The third kappa shape index (κ3) is 2.65. The highest BCUT2D eigenvalue weighted by atomic mass is 35.5. The normalized spacial score (nSPS) is 23.5. The summed E-state index contributed by atoms with van der Waals surface area (Å²) in [6.07, 6.45) is 5.63. The van der Waals surface area contributed by atoms with E-state index in [0.717, 1.165) is 36.9 Å². The van der Waals surface area contributed by atoms with Crippen LogP contribution in [-0.2, 0) is 0 Å². The Morgan fingerprint density at radius 1 is 1.16 bits per heavy atom. The molecule has 4 nitrogen and oxygen atoms in total. The smallest absolute Gasteiger partial charge is 0.113 e. The van der Waals surface area contributed by atoms with Crippen LogP contribution in [0.5, 0.6) is 0 Å². The van der Waals surface area contributed by atoms with Crippen molar-refractivity contribution in [3.05, 3.63) is 35.5 Å². The van der Waals surface area contributed by atoms with Crippen molar-refractivity contribution >= 4 is 11.6 Å². The Labute approximate surface area is 117 Å². The highest BCUT2D eigenvalue weighted by Crippen LogP contribution is 2.29. The van der Waals surface area contributed by atoms with Gasteiger partial charge in [0.2, 0.25) is 0 Å². The van der Waals surface area contributed by atoms with Gasteiger partial charge in [-0.3, -0.25) is 0 Å². The van der Waals surface area contributed by atoms with Gasteiger partial charge in [0.25, 0.3) is 0 Å². The van der Waals surface area contributed by atoms with Gasteiger partial charge in [-0.2, -0.15) is 0 Å². The zero-order valence-corrected chi connectivity index (χ0v) is 11.3. The first kappa shape index (κ1) is 12.6. The van der Waals surface area contributed by atoms with E-state index in [-0.39, 0.29) is 12.1 Å². The molecule has 1 aliphatic rings. The fourth-order valence-corrected chi connectivity index (χ4v) is 2.72. The summed E-state index contributed by atoms with van der Waals surface area (Å²) in [6.45, 7) is 0. The molecule has 0 unspecified atom stereocenters. The SMILES string of the molecule is O[C@H]1CCCC[C@@H]1n1cc(-c2ccc(Cl)cc2)nn1. The Bertz CT molecular complexity index is 552. The molecule has 100 valence electrons. The van der Waals surface area contributed by atoms with Crippen LogP contribution in [0.2, 0.25) is 5.02 Å². The number of aliphatic hydroxyl groups is 1. The van der Waals surface area contributed by atoms with Crippen LogP contribution >= 0.6 is 11.6 Å². The number of halogens is 1. The molecule has 1 heterocycles. The van der Waals surface area contributed by atoms with Crippen LogP contribution in [0.15, 0.2) is 30.5 Å². The lowest BCUT2D eigenvalue weighted by Crippen LogP contribution is -2.27. The van der Waals surface area contributed by atoms with Gasteiger partial charge in [0.05, 0.1) is 18.3 Å². The molecule has 0 radical (unpaired) electrons. The lowest BCUT2D eigenvalue weighted by atomic mass is 9.93. The third-order valence-corrected chi connectivity index (χ3v) is 3.94. The quantitative estimate of drug-likeness (QED) is 0.918. The maximum Gasteiger partial charge on any atom is 0.113 e.